The molecule has 6 nitrogen and oxygen atoms in total. The third-order valence-corrected chi connectivity index (χ3v) is 4.50. The largest absolute Gasteiger partial charge is 0.489 e. The summed E-state index contributed by atoms with van der Waals surface area (Å²) in [5.41, 5.74) is 3.26. The van der Waals surface area contributed by atoms with Crippen LogP contribution in [0.5, 0.6) is 5.75 Å². The Morgan fingerprint density at radius 2 is 1.52 bits per heavy atom. The second-order valence-corrected chi connectivity index (χ2v) is 7.43. The Bertz CT molecular complexity index is 1000. The zero-order valence-electron chi connectivity index (χ0n) is 17.7. The molecule has 0 spiro atoms. The first-order valence-corrected chi connectivity index (χ1v) is 10.2. The van der Waals surface area contributed by atoms with Crippen LogP contribution in [-0.2, 0) is 16.2 Å². The van der Waals surface area contributed by atoms with Crippen molar-refractivity contribution in [2.75, 3.05) is 22.5 Å². The third kappa shape index (κ3) is 7.19. The van der Waals surface area contributed by atoms with E-state index in [1.54, 1.807) is 18.2 Å². The van der Waals surface area contributed by atoms with Gasteiger partial charge in [0.25, 0.3) is 0 Å². The van der Waals surface area contributed by atoms with Gasteiger partial charge in [-0.15, -0.1) is 0 Å². The zero-order valence-corrected chi connectivity index (χ0v) is 17.7. The Morgan fingerprint density at radius 1 is 0.806 bits per heavy atom. The van der Waals surface area contributed by atoms with Gasteiger partial charge in [-0.25, -0.2) is 0 Å². The van der Waals surface area contributed by atoms with E-state index < -0.39 is 0 Å². The van der Waals surface area contributed by atoms with E-state index in [9.17, 15) is 9.59 Å². The molecule has 0 saturated heterocycles. The lowest BCUT2D eigenvalue weighted by Gasteiger charge is -2.11. The minimum atomic E-state index is -0.169. The number of carbonyl (C=O) groups is 2. The van der Waals surface area contributed by atoms with Crippen LogP contribution in [0.4, 0.5) is 17.1 Å². The number of rotatable bonds is 9. The predicted molar refractivity (Wildman–Crippen MR) is 124 cm³/mol. The highest BCUT2D eigenvalue weighted by molar-refractivity contribution is 5.94. The highest BCUT2D eigenvalue weighted by Crippen LogP contribution is 2.19. The molecule has 3 aromatic rings. The summed E-state index contributed by atoms with van der Waals surface area (Å²) in [5, 5.41) is 8.77. The van der Waals surface area contributed by atoms with E-state index in [0.717, 1.165) is 16.9 Å². The fraction of sp³-hybridized carbons (Fsp3) is 0.200. The number of hydrogen-bond donors (Lipinski definition) is 3. The summed E-state index contributed by atoms with van der Waals surface area (Å²) in [6, 6.07) is 24.5. The minimum Gasteiger partial charge on any atom is -0.489 e. The van der Waals surface area contributed by atoms with E-state index in [-0.39, 0.29) is 24.3 Å². The molecule has 0 atom stereocenters. The Kier molecular flexibility index (Phi) is 7.65. The molecule has 0 heterocycles. The van der Waals surface area contributed by atoms with Gasteiger partial charge >= 0.3 is 0 Å². The Morgan fingerprint density at radius 3 is 2.23 bits per heavy atom. The number of amides is 2. The first kappa shape index (κ1) is 21.9. The summed E-state index contributed by atoms with van der Waals surface area (Å²) in [4.78, 5) is 24.0. The maximum absolute atomic E-state index is 12.3. The first-order chi connectivity index (χ1) is 15.0. The SMILES string of the molecule is CC(C)C(=O)Nc1ccc(NCC(=O)Nc2cccc(OCc3ccccc3)c2)cc1. The standard InChI is InChI=1S/C25H27N3O3/c1-18(2)25(30)28-21-13-11-20(12-14-21)26-16-24(29)27-22-9-6-10-23(15-22)31-17-19-7-4-3-5-8-19/h3-15,18,26H,16-17H2,1-2H3,(H,27,29)(H,28,30). The lowest BCUT2D eigenvalue weighted by molar-refractivity contribution is -0.119. The molecule has 0 aliphatic heterocycles. The van der Waals surface area contributed by atoms with Crippen molar-refractivity contribution >= 4 is 28.9 Å². The molecule has 6 heteroatoms. The van der Waals surface area contributed by atoms with Crippen molar-refractivity contribution in [2.24, 2.45) is 5.92 Å². The smallest absolute Gasteiger partial charge is 0.243 e. The molecular formula is C25H27N3O3. The molecule has 2 amide bonds. The highest BCUT2D eigenvalue weighted by atomic mass is 16.5. The number of nitrogens with one attached hydrogen (secondary N) is 3. The van der Waals surface area contributed by atoms with Crippen LogP contribution in [0.3, 0.4) is 0 Å². The molecule has 0 aliphatic carbocycles. The molecule has 31 heavy (non-hydrogen) atoms. The molecule has 0 aliphatic rings. The topological polar surface area (TPSA) is 79.5 Å². The van der Waals surface area contributed by atoms with E-state index in [1.165, 1.54) is 0 Å². The number of carbonyl (C=O) groups excluding carboxylic acids is 2. The van der Waals surface area contributed by atoms with Crippen LogP contribution < -0.4 is 20.7 Å². The molecule has 0 radical (unpaired) electrons. The van der Waals surface area contributed by atoms with Crippen molar-refractivity contribution in [2.45, 2.75) is 20.5 Å². The molecule has 3 N–H and O–H groups in total. The number of ether oxygens (including phenoxy) is 1. The van der Waals surface area contributed by atoms with Crippen LogP contribution in [-0.4, -0.2) is 18.4 Å². The quantitative estimate of drug-likeness (QED) is 0.462. The molecule has 160 valence electrons. The molecule has 3 aromatic carbocycles. The van der Waals surface area contributed by atoms with Gasteiger partial charge in [-0.3, -0.25) is 9.59 Å². The maximum Gasteiger partial charge on any atom is 0.243 e. The number of benzene rings is 3. The van der Waals surface area contributed by atoms with E-state index in [4.69, 9.17) is 4.74 Å². The molecule has 0 unspecified atom stereocenters. The van der Waals surface area contributed by atoms with Gasteiger partial charge < -0.3 is 20.7 Å². The van der Waals surface area contributed by atoms with Crippen molar-refractivity contribution in [1.29, 1.82) is 0 Å². The van der Waals surface area contributed by atoms with Crippen molar-refractivity contribution in [1.82, 2.24) is 0 Å². The van der Waals surface area contributed by atoms with Gasteiger partial charge in [-0.2, -0.15) is 0 Å². The second-order valence-electron chi connectivity index (χ2n) is 7.43. The van der Waals surface area contributed by atoms with Gasteiger partial charge in [-0.05, 0) is 42.0 Å². The monoisotopic (exact) mass is 417 g/mol. The summed E-state index contributed by atoms with van der Waals surface area (Å²) in [6.45, 7) is 4.27. The first-order valence-electron chi connectivity index (χ1n) is 10.2. The van der Waals surface area contributed by atoms with Gasteiger partial charge in [0.1, 0.15) is 12.4 Å². The van der Waals surface area contributed by atoms with Gasteiger partial charge in [0.15, 0.2) is 0 Å². The lowest BCUT2D eigenvalue weighted by atomic mass is 10.2. The molecule has 0 aromatic heterocycles. The Balaban J connectivity index is 1.46. The van der Waals surface area contributed by atoms with E-state index >= 15 is 0 Å². The molecular weight excluding hydrogens is 390 g/mol. The third-order valence-electron chi connectivity index (χ3n) is 4.50. The van der Waals surface area contributed by atoms with E-state index in [2.05, 4.69) is 16.0 Å². The van der Waals surface area contributed by atoms with E-state index in [0.29, 0.717) is 18.0 Å². The van der Waals surface area contributed by atoms with Crippen LogP contribution in [0.2, 0.25) is 0 Å². The minimum absolute atomic E-state index is 0.0323. The van der Waals surface area contributed by atoms with Crippen LogP contribution in [0.1, 0.15) is 19.4 Å². The summed E-state index contributed by atoms with van der Waals surface area (Å²) in [5.74, 6) is 0.407. The average molecular weight is 418 g/mol. The van der Waals surface area contributed by atoms with Crippen LogP contribution >= 0.6 is 0 Å². The molecule has 0 bridgehead atoms. The Labute approximate surface area is 182 Å². The van der Waals surface area contributed by atoms with E-state index in [1.807, 2.05) is 74.5 Å². The maximum atomic E-state index is 12.3. The average Bonchev–Trinajstić information content (AvgIpc) is 2.78. The normalized spacial score (nSPS) is 10.4. The number of anilines is 3. The fourth-order valence-electron chi connectivity index (χ4n) is 2.75. The van der Waals surface area contributed by atoms with Crippen LogP contribution in [0.25, 0.3) is 0 Å². The van der Waals surface area contributed by atoms with Gasteiger partial charge in [-0.1, -0.05) is 50.2 Å². The molecule has 0 fully saturated rings. The van der Waals surface area contributed by atoms with Crippen molar-refractivity contribution in [3.05, 3.63) is 84.4 Å². The molecule has 0 saturated carbocycles. The second kappa shape index (κ2) is 10.8. The van der Waals surface area contributed by atoms with Crippen LogP contribution in [0.15, 0.2) is 78.9 Å². The van der Waals surface area contributed by atoms with Gasteiger partial charge in [0.05, 0.1) is 6.54 Å². The zero-order chi connectivity index (χ0) is 22.1. The van der Waals surface area contributed by atoms with Crippen molar-refractivity contribution in [3.63, 3.8) is 0 Å². The summed E-state index contributed by atoms with van der Waals surface area (Å²) >= 11 is 0. The van der Waals surface area contributed by atoms with Gasteiger partial charge in [0.2, 0.25) is 11.8 Å². The summed E-state index contributed by atoms with van der Waals surface area (Å²) in [7, 11) is 0. The highest BCUT2D eigenvalue weighted by Gasteiger charge is 2.07. The van der Waals surface area contributed by atoms with Crippen molar-refractivity contribution in [3.8, 4) is 5.75 Å². The predicted octanol–water partition coefficient (Wildman–Crippen LogP) is 4.91. The number of hydrogen-bond acceptors (Lipinski definition) is 4. The Hall–Kier alpha value is -3.80. The summed E-state index contributed by atoms with van der Waals surface area (Å²) in [6.07, 6.45) is 0. The summed E-state index contributed by atoms with van der Waals surface area (Å²) < 4.78 is 5.80. The fourth-order valence-corrected chi connectivity index (χ4v) is 2.75. The van der Waals surface area contributed by atoms with Crippen molar-refractivity contribution < 1.29 is 14.3 Å². The lowest BCUT2D eigenvalue weighted by Crippen LogP contribution is -2.21. The molecule has 3 rings (SSSR count). The van der Waals surface area contributed by atoms with Crippen LogP contribution in [0, 0.1) is 5.92 Å². The van der Waals surface area contributed by atoms with Gasteiger partial charge in [0, 0.05) is 29.0 Å².